The summed E-state index contributed by atoms with van der Waals surface area (Å²) in [4.78, 5) is 5.05. The number of rotatable bonds is 2. The Morgan fingerprint density at radius 1 is 1.27 bits per heavy atom. The summed E-state index contributed by atoms with van der Waals surface area (Å²) in [5, 5.41) is 12.5. The van der Waals surface area contributed by atoms with Gasteiger partial charge < -0.3 is 4.84 Å². The Morgan fingerprint density at radius 3 is 2.40 bits per heavy atom. The Bertz CT molecular complexity index is 360. The number of oxime groups is 1. The van der Waals surface area contributed by atoms with Crippen LogP contribution in [0.2, 0.25) is 0 Å². The molecule has 1 aromatic carbocycles. The molecule has 0 N–H and O–H groups in total. The van der Waals surface area contributed by atoms with Crippen LogP contribution >= 0.6 is 0 Å². The van der Waals surface area contributed by atoms with E-state index in [2.05, 4.69) is 5.16 Å². The van der Waals surface area contributed by atoms with Crippen molar-refractivity contribution in [1.82, 2.24) is 0 Å². The standard InChI is InChI=1S/C10H10N2O.C2H6/c1-8(2)12-13-10-6-4-3-5-9(10)7-11;1-2/h3-6H,1-2H3;1-2H3. The summed E-state index contributed by atoms with van der Waals surface area (Å²) in [5.74, 6) is 0.492. The highest BCUT2D eigenvalue weighted by Gasteiger charge is 2.00. The second-order valence-electron chi connectivity index (χ2n) is 2.74. The summed E-state index contributed by atoms with van der Waals surface area (Å²) in [6, 6.07) is 9.02. The van der Waals surface area contributed by atoms with Crippen molar-refractivity contribution in [3.05, 3.63) is 29.8 Å². The molecule has 1 aromatic rings. The van der Waals surface area contributed by atoms with Crippen molar-refractivity contribution < 1.29 is 4.84 Å². The van der Waals surface area contributed by atoms with Crippen LogP contribution < -0.4 is 4.84 Å². The molecule has 3 nitrogen and oxygen atoms in total. The molecule has 0 spiro atoms. The molecule has 0 aromatic heterocycles. The quantitative estimate of drug-likeness (QED) is 0.547. The van der Waals surface area contributed by atoms with Crippen LogP contribution in [0.5, 0.6) is 5.75 Å². The van der Waals surface area contributed by atoms with Gasteiger partial charge in [0.05, 0.1) is 11.3 Å². The van der Waals surface area contributed by atoms with E-state index in [1.165, 1.54) is 0 Å². The van der Waals surface area contributed by atoms with E-state index in [0.29, 0.717) is 11.3 Å². The first-order valence-electron chi connectivity index (χ1n) is 4.91. The summed E-state index contributed by atoms with van der Waals surface area (Å²) in [7, 11) is 0. The molecule has 0 bridgehead atoms. The van der Waals surface area contributed by atoms with Crippen molar-refractivity contribution in [3.63, 3.8) is 0 Å². The lowest BCUT2D eigenvalue weighted by molar-refractivity contribution is 0.339. The highest BCUT2D eigenvalue weighted by molar-refractivity contribution is 5.78. The number of nitriles is 1. The second-order valence-corrected chi connectivity index (χ2v) is 2.74. The fourth-order valence-electron chi connectivity index (χ4n) is 0.779. The topological polar surface area (TPSA) is 45.4 Å². The van der Waals surface area contributed by atoms with E-state index in [4.69, 9.17) is 10.1 Å². The van der Waals surface area contributed by atoms with E-state index in [1.54, 1.807) is 24.3 Å². The van der Waals surface area contributed by atoms with Crippen molar-refractivity contribution in [3.8, 4) is 11.8 Å². The Labute approximate surface area is 91.0 Å². The van der Waals surface area contributed by atoms with Crippen LogP contribution in [0.4, 0.5) is 0 Å². The minimum absolute atomic E-state index is 0.492. The number of hydrogen-bond donors (Lipinski definition) is 0. The molecule has 0 saturated carbocycles. The first kappa shape index (κ1) is 13.2. The molecule has 0 aliphatic heterocycles. The lowest BCUT2D eigenvalue weighted by Crippen LogP contribution is -1.91. The number of nitrogens with zero attached hydrogens (tertiary/aromatic N) is 2. The van der Waals surface area contributed by atoms with Gasteiger partial charge in [-0.15, -0.1) is 0 Å². The zero-order chi connectivity index (χ0) is 11.7. The van der Waals surface area contributed by atoms with Gasteiger partial charge in [0.1, 0.15) is 6.07 Å². The second kappa shape index (κ2) is 7.57. The summed E-state index contributed by atoms with van der Waals surface area (Å²) in [6.07, 6.45) is 0. The Hall–Kier alpha value is -1.82. The fraction of sp³-hybridized carbons (Fsp3) is 0.333. The number of hydrogen-bond acceptors (Lipinski definition) is 3. The van der Waals surface area contributed by atoms with Crippen molar-refractivity contribution in [1.29, 1.82) is 5.26 Å². The molecule has 0 amide bonds. The fourth-order valence-corrected chi connectivity index (χ4v) is 0.779. The molecule has 0 aliphatic carbocycles. The van der Waals surface area contributed by atoms with Crippen LogP contribution in [0, 0.1) is 11.3 Å². The number of benzene rings is 1. The van der Waals surface area contributed by atoms with Crippen molar-refractivity contribution in [2.75, 3.05) is 0 Å². The van der Waals surface area contributed by atoms with E-state index in [0.717, 1.165) is 5.71 Å². The average molecular weight is 204 g/mol. The monoisotopic (exact) mass is 204 g/mol. The first-order chi connectivity index (χ1) is 7.24. The molecule has 0 heterocycles. The van der Waals surface area contributed by atoms with E-state index in [-0.39, 0.29) is 0 Å². The summed E-state index contributed by atoms with van der Waals surface area (Å²) in [5.41, 5.74) is 1.31. The summed E-state index contributed by atoms with van der Waals surface area (Å²) in [6.45, 7) is 7.66. The van der Waals surface area contributed by atoms with Gasteiger partial charge in [0.25, 0.3) is 0 Å². The summed E-state index contributed by atoms with van der Waals surface area (Å²) >= 11 is 0. The van der Waals surface area contributed by atoms with Crippen LogP contribution in [0.15, 0.2) is 29.4 Å². The average Bonchev–Trinajstić information content (AvgIpc) is 2.29. The van der Waals surface area contributed by atoms with Gasteiger partial charge in [-0.2, -0.15) is 5.26 Å². The van der Waals surface area contributed by atoms with Crippen molar-refractivity contribution in [2.24, 2.45) is 5.16 Å². The molecule has 0 atom stereocenters. The van der Waals surface area contributed by atoms with E-state index >= 15 is 0 Å². The van der Waals surface area contributed by atoms with Gasteiger partial charge in [0.15, 0.2) is 5.75 Å². The smallest absolute Gasteiger partial charge is 0.175 e. The third kappa shape index (κ3) is 4.82. The third-order valence-electron chi connectivity index (χ3n) is 1.33. The van der Waals surface area contributed by atoms with Gasteiger partial charge in [0, 0.05) is 0 Å². The molecule has 1 rings (SSSR count). The normalized spacial score (nSPS) is 7.93. The van der Waals surface area contributed by atoms with Crippen molar-refractivity contribution >= 4 is 5.71 Å². The predicted octanol–water partition coefficient (Wildman–Crippen LogP) is 3.36. The molecule has 0 saturated heterocycles. The first-order valence-corrected chi connectivity index (χ1v) is 4.91. The molecule has 15 heavy (non-hydrogen) atoms. The van der Waals surface area contributed by atoms with E-state index < -0.39 is 0 Å². The highest BCUT2D eigenvalue weighted by Crippen LogP contribution is 2.16. The minimum Gasteiger partial charge on any atom is -0.356 e. The highest BCUT2D eigenvalue weighted by atomic mass is 16.6. The van der Waals surface area contributed by atoms with Crippen LogP contribution in [0.1, 0.15) is 33.3 Å². The lowest BCUT2D eigenvalue weighted by Gasteiger charge is -1.99. The van der Waals surface area contributed by atoms with Gasteiger partial charge in [-0.3, -0.25) is 0 Å². The molecule has 0 unspecified atom stereocenters. The third-order valence-corrected chi connectivity index (χ3v) is 1.33. The minimum atomic E-state index is 0.492. The van der Waals surface area contributed by atoms with Crippen molar-refractivity contribution in [2.45, 2.75) is 27.7 Å². The lowest BCUT2D eigenvalue weighted by atomic mass is 10.2. The zero-order valence-corrected chi connectivity index (χ0v) is 9.61. The van der Waals surface area contributed by atoms with Gasteiger partial charge in [-0.1, -0.05) is 31.1 Å². The molecular weight excluding hydrogens is 188 g/mol. The molecule has 0 fully saturated rings. The Morgan fingerprint density at radius 2 is 1.87 bits per heavy atom. The zero-order valence-electron chi connectivity index (χ0n) is 9.61. The predicted molar refractivity (Wildman–Crippen MR) is 61.9 cm³/mol. The molecule has 0 radical (unpaired) electrons. The van der Waals surface area contributed by atoms with E-state index in [1.807, 2.05) is 33.8 Å². The SMILES string of the molecule is CC.CC(C)=NOc1ccccc1C#N. The molecular formula is C12H16N2O. The molecule has 0 aliphatic rings. The van der Waals surface area contributed by atoms with Crippen LogP contribution in [-0.4, -0.2) is 5.71 Å². The van der Waals surface area contributed by atoms with Crippen LogP contribution in [0.25, 0.3) is 0 Å². The molecule has 3 heteroatoms. The van der Waals surface area contributed by atoms with Gasteiger partial charge >= 0.3 is 0 Å². The van der Waals surface area contributed by atoms with Gasteiger partial charge in [-0.05, 0) is 26.0 Å². The van der Waals surface area contributed by atoms with Gasteiger partial charge in [0.2, 0.25) is 0 Å². The Kier molecular flexibility index (Phi) is 6.65. The van der Waals surface area contributed by atoms with Crippen LogP contribution in [0.3, 0.4) is 0 Å². The largest absolute Gasteiger partial charge is 0.356 e. The maximum atomic E-state index is 8.71. The van der Waals surface area contributed by atoms with E-state index in [9.17, 15) is 0 Å². The maximum Gasteiger partial charge on any atom is 0.175 e. The Balaban J connectivity index is 0.000000921. The molecule has 80 valence electrons. The van der Waals surface area contributed by atoms with Crippen LogP contribution in [-0.2, 0) is 0 Å². The number of para-hydroxylation sites is 1. The maximum absolute atomic E-state index is 8.71. The van der Waals surface area contributed by atoms with Gasteiger partial charge in [-0.25, -0.2) is 0 Å². The summed E-state index contributed by atoms with van der Waals surface area (Å²) < 4.78 is 0.